The van der Waals surface area contributed by atoms with Crippen molar-refractivity contribution in [2.24, 2.45) is 0 Å². The summed E-state index contributed by atoms with van der Waals surface area (Å²) < 4.78 is 0. The molecule has 3 rings (SSSR count). The van der Waals surface area contributed by atoms with Crippen molar-refractivity contribution in [1.82, 2.24) is 20.0 Å². The lowest BCUT2D eigenvalue weighted by molar-refractivity contribution is 0.0660. The molecule has 0 atom stereocenters. The predicted molar refractivity (Wildman–Crippen MR) is 73.9 cm³/mol. The standard InChI is InChI=1S/C13H17N5O/c1-17-4-6-18(7-5-17)13(19)12-10-8-9(14)2-3-11(10)15-16-12/h2-3,8H,4-7,14H2,1H3,(H,15,16). The number of amides is 1. The average molecular weight is 259 g/mol. The highest BCUT2D eigenvalue weighted by Gasteiger charge is 2.23. The molecule has 2 heterocycles. The van der Waals surface area contributed by atoms with Gasteiger partial charge in [-0.15, -0.1) is 0 Å². The SMILES string of the molecule is CN1CCN(C(=O)c2n[nH]c3ccc(N)cc23)CC1. The average Bonchev–Trinajstić information content (AvgIpc) is 2.81. The van der Waals surface area contributed by atoms with E-state index in [2.05, 4.69) is 22.1 Å². The highest BCUT2D eigenvalue weighted by molar-refractivity contribution is 6.05. The van der Waals surface area contributed by atoms with Crippen molar-refractivity contribution in [2.45, 2.75) is 0 Å². The maximum atomic E-state index is 12.5. The highest BCUT2D eigenvalue weighted by Crippen LogP contribution is 2.20. The van der Waals surface area contributed by atoms with E-state index < -0.39 is 0 Å². The van der Waals surface area contributed by atoms with Crippen molar-refractivity contribution in [3.63, 3.8) is 0 Å². The Labute approximate surface area is 111 Å². The molecule has 3 N–H and O–H groups in total. The Morgan fingerprint density at radius 3 is 2.79 bits per heavy atom. The molecule has 0 unspecified atom stereocenters. The van der Waals surface area contributed by atoms with Gasteiger partial charge >= 0.3 is 0 Å². The summed E-state index contributed by atoms with van der Waals surface area (Å²) in [6.07, 6.45) is 0. The van der Waals surface area contributed by atoms with Crippen molar-refractivity contribution >= 4 is 22.5 Å². The molecule has 2 aromatic rings. The summed E-state index contributed by atoms with van der Waals surface area (Å²) in [7, 11) is 2.06. The van der Waals surface area contributed by atoms with Gasteiger partial charge in [-0.3, -0.25) is 9.89 Å². The van der Waals surface area contributed by atoms with Gasteiger partial charge in [-0.25, -0.2) is 0 Å². The molecular weight excluding hydrogens is 242 g/mol. The van der Waals surface area contributed by atoms with Crippen LogP contribution in [0.15, 0.2) is 18.2 Å². The summed E-state index contributed by atoms with van der Waals surface area (Å²) in [5.74, 6) is -0.0232. The van der Waals surface area contributed by atoms with E-state index in [1.54, 1.807) is 12.1 Å². The molecule has 1 aliphatic heterocycles. The molecule has 1 aromatic heterocycles. The van der Waals surface area contributed by atoms with Gasteiger partial charge in [-0.1, -0.05) is 0 Å². The quantitative estimate of drug-likeness (QED) is 0.732. The lowest BCUT2D eigenvalue weighted by atomic mass is 10.1. The number of benzene rings is 1. The molecule has 0 radical (unpaired) electrons. The Hall–Kier alpha value is -2.08. The van der Waals surface area contributed by atoms with E-state index in [1.165, 1.54) is 0 Å². The van der Waals surface area contributed by atoms with Gasteiger partial charge in [0.05, 0.1) is 5.52 Å². The molecule has 6 heteroatoms. The van der Waals surface area contributed by atoms with Crippen LogP contribution in [0.2, 0.25) is 0 Å². The number of nitrogen functional groups attached to an aromatic ring is 1. The second-order valence-electron chi connectivity index (χ2n) is 4.97. The molecule has 1 fully saturated rings. The van der Waals surface area contributed by atoms with Crippen LogP contribution in [0.4, 0.5) is 5.69 Å². The third kappa shape index (κ3) is 2.15. The summed E-state index contributed by atoms with van der Waals surface area (Å²) in [6.45, 7) is 3.28. The van der Waals surface area contributed by atoms with Crippen LogP contribution in [-0.4, -0.2) is 59.1 Å². The van der Waals surface area contributed by atoms with Crippen molar-refractivity contribution < 1.29 is 4.79 Å². The molecule has 0 aliphatic carbocycles. The van der Waals surface area contributed by atoms with Crippen LogP contribution in [0.5, 0.6) is 0 Å². The molecule has 0 bridgehead atoms. The van der Waals surface area contributed by atoms with Gasteiger partial charge in [0.2, 0.25) is 0 Å². The fourth-order valence-electron chi connectivity index (χ4n) is 2.35. The second kappa shape index (κ2) is 4.55. The Kier molecular flexibility index (Phi) is 2.87. The number of nitrogens with one attached hydrogen (secondary N) is 1. The molecule has 6 nitrogen and oxygen atoms in total. The fraction of sp³-hybridized carbons (Fsp3) is 0.385. The molecule has 1 saturated heterocycles. The number of aromatic nitrogens is 2. The Bertz CT molecular complexity index is 613. The fourth-order valence-corrected chi connectivity index (χ4v) is 2.35. The van der Waals surface area contributed by atoms with E-state index in [0.717, 1.165) is 37.1 Å². The third-order valence-electron chi connectivity index (χ3n) is 3.58. The van der Waals surface area contributed by atoms with Crippen molar-refractivity contribution in [3.8, 4) is 0 Å². The van der Waals surface area contributed by atoms with E-state index in [0.29, 0.717) is 11.4 Å². The number of anilines is 1. The topological polar surface area (TPSA) is 78.2 Å². The largest absolute Gasteiger partial charge is 0.399 e. The number of carbonyl (C=O) groups is 1. The predicted octanol–water partition coefficient (Wildman–Crippen LogP) is 0.533. The van der Waals surface area contributed by atoms with E-state index in [1.807, 2.05) is 11.0 Å². The van der Waals surface area contributed by atoms with E-state index in [-0.39, 0.29) is 5.91 Å². The normalized spacial score (nSPS) is 17.0. The van der Waals surface area contributed by atoms with E-state index >= 15 is 0 Å². The van der Waals surface area contributed by atoms with Gasteiger partial charge in [-0.2, -0.15) is 5.10 Å². The molecule has 0 saturated carbocycles. The van der Waals surface area contributed by atoms with Gasteiger partial charge in [-0.05, 0) is 25.2 Å². The first-order valence-electron chi connectivity index (χ1n) is 6.36. The number of nitrogens with two attached hydrogens (primary N) is 1. The maximum Gasteiger partial charge on any atom is 0.275 e. The lowest BCUT2D eigenvalue weighted by Crippen LogP contribution is -2.47. The number of hydrogen-bond donors (Lipinski definition) is 2. The van der Waals surface area contributed by atoms with Crippen molar-refractivity contribution in [2.75, 3.05) is 39.0 Å². The van der Waals surface area contributed by atoms with Crippen LogP contribution >= 0.6 is 0 Å². The Balaban J connectivity index is 1.91. The van der Waals surface area contributed by atoms with Gasteiger partial charge in [0.25, 0.3) is 5.91 Å². The molecule has 1 amide bonds. The summed E-state index contributed by atoms with van der Waals surface area (Å²) in [5.41, 5.74) is 7.72. The summed E-state index contributed by atoms with van der Waals surface area (Å²) >= 11 is 0. The van der Waals surface area contributed by atoms with Gasteiger partial charge in [0.1, 0.15) is 0 Å². The van der Waals surface area contributed by atoms with Crippen molar-refractivity contribution in [3.05, 3.63) is 23.9 Å². The van der Waals surface area contributed by atoms with Crippen LogP contribution in [0.25, 0.3) is 10.9 Å². The number of aromatic amines is 1. The summed E-state index contributed by atoms with van der Waals surface area (Å²) in [4.78, 5) is 16.5. The van der Waals surface area contributed by atoms with Gasteiger partial charge in [0.15, 0.2) is 5.69 Å². The zero-order valence-corrected chi connectivity index (χ0v) is 10.9. The number of nitrogens with zero attached hydrogens (tertiary/aromatic N) is 3. The first-order chi connectivity index (χ1) is 9.15. The summed E-state index contributed by atoms with van der Waals surface area (Å²) in [6, 6.07) is 5.44. The molecular formula is C13H17N5O. The van der Waals surface area contributed by atoms with Crippen molar-refractivity contribution in [1.29, 1.82) is 0 Å². The lowest BCUT2D eigenvalue weighted by Gasteiger charge is -2.31. The molecule has 100 valence electrons. The molecule has 19 heavy (non-hydrogen) atoms. The smallest absolute Gasteiger partial charge is 0.275 e. The van der Waals surface area contributed by atoms with Gasteiger partial charge < -0.3 is 15.5 Å². The van der Waals surface area contributed by atoms with E-state index in [9.17, 15) is 4.79 Å². The minimum Gasteiger partial charge on any atom is -0.399 e. The number of rotatable bonds is 1. The highest BCUT2D eigenvalue weighted by atomic mass is 16.2. The second-order valence-corrected chi connectivity index (χ2v) is 4.97. The first-order valence-corrected chi connectivity index (χ1v) is 6.36. The number of carbonyl (C=O) groups excluding carboxylic acids is 1. The molecule has 1 aromatic carbocycles. The van der Waals surface area contributed by atoms with Crippen LogP contribution < -0.4 is 5.73 Å². The molecule has 0 spiro atoms. The maximum absolute atomic E-state index is 12.5. The zero-order valence-electron chi connectivity index (χ0n) is 10.9. The first kappa shape index (κ1) is 12.0. The summed E-state index contributed by atoms with van der Waals surface area (Å²) in [5, 5.41) is 7.82. The number of hydrogen-bond acceptors (Lipinski definition) is 4. The Morgan fingerprint density at radius 1 is 1.32 bits per heavy atom. The minimum atomic E-state index is -0.0232. The van der Waals surface area contributed by atoms with Crippen LogP contribution in [0, 0.1) is 0 Å². The monoisotopic (exact) mass is 259 g/mol. The van der Waals surface area contributed by atoms with Crippen LogP contribution in [-0.2, 0) is 0 Å². The number of piperazine rings is 1. The van der Waals surface area contributed by atoms with E-state index in [4.69, 9.17) is 5.73 Å². The van der Waals surface area contributed by atoms with Crippen LogP contribution in [0.3, 0.4) is 0 Å². The molecule has 1 aliphatic rings. The van der Waals surface area contributed by atoms with Crippen LogP contribution in [0.1, 0.15) is 10.5 Å². The zero-order chi connectivity index (χ0) is 13.4. The number of fused-ring (bicyclic) bond motifs is 1. The minimum absolute atomic E-state index is 0.0232. The third-order valence-corrected chi connectivity index (χ3v) is 3.58. The van der Waals surface area contributed by atoms with Gasteiger partial charge in [0, 0.05) is 37.3 Å². The number of likely N-dealkylation sites (N-methyl/N-ethyl adjacent to an activating group) is 1. The number of H-pyrrole nitrogens is 1. The Morgan fingerprint density at radius 2 is 2.05 bits per heavy atom.